The molecule has 4 heteroatoms. The fourth-order valence-electron chi connectivity index (χ4n) is 2.95. The molecule has 1 aromatic heterocycles. The number of nitrogens with one attached hydrogen (secondary N) is 1. The maximum Gasteiger partial charge on any atom is 0.0681 e. The van der Waals surface area contributed by atoms with E-state index in [0.717, 1.165) is 30.6 Å². The van der Waals surface area contributed by atoms with Gasteiger partial charge in [0.25, 0.3) is 0 Å². The average molecular weight is 301 g/mol. The van der Waals surface area contributed by atoms with Crippen molar-refractivity contribution in [1.82, 2.24) is 15.1 Å². The van der Waals surface area contributed by atoms with Crippen LogP contribution in [0.3, 0.4) is 0 Å². The highest BCUT2D eigenvalue weighted by Gasteiger charge is 2.17. The zero-order valence-corrected chi connectivity index (χ0v) is 14.1. The van der Waals surface area contributed by atoms with Crippen LogP contribution >= 0.6 is 0 Å². The van der Waals surface area contributed by atoms with Crippen LogP contribution in [0.1, 0.15) is 47.5 Å². The minimum absolute atomic E-state index is 0.107. The van der Waals surface area contributed by atoms with Crippen molar-refractivity contribution >= 4 is 0 Å². The largest absolute Gasteiger partial charge is 0.392 e. The predicted molar refractivity (Wildman–Crippen MR) is 89.8 cm³/mol. The molecule has 2 rings (SSSR count). The Morgan fingerprint density at radius 3 is 2.32 bits per heavy atom. The molecule has 0 saturated heterocycles. The number of rotatable bonds is 7. The van der Waals surface area contributed by atoms with Crippen LogP contribution in [0, 0.1) is 13.8 Å². The van der Waals surface area contributed by atoms with Gasteiger partial charge in [-0.25, -0.2) is 0 Å². The van der Waals surface area contributed by atoms with Gasteiger partial charge in [-0.05, 0) is 44.4 Å². The fraction of sp³-hybridized carbons (Fsp3) is 0.500. The summed E-state index contributed by atoms with van der Waals surface area (Å²) in [5, 5.41) is 17.2. The van der Waals surface area contributed by atoms with E-state index in [2.05, 4.69) is 43.3 Å². The molecule has 0 fully saturated rings. The number of aliphatic hydroxyl groups is 1. The van der Waals surface area contributed by atoms with E-state index in [-0.39, 0.29) is 6.61 Å². The summed E-state index contributed by atoms with van der Waals surface area (Å²) in [6.45, 7) is 7.47. The lowest BCUT2D eigenvalue weighted by Crippen LogP contribution is -2.24. The molecule has 0 aliphatic rings. The summed E-state index contributed by atoms with van der Waals surface area (Å²) in [6, 6.07) is 8.51. The summed E-state index contributed by atoms with van der Waals surface area (Å²) in [6.07, 6.45) is 2.04. The Bertz CT molecular complexity index is 602. The van der Waals surface area contributed by atoms with Crippen molar-refractivity contribution in [2.45, 2.75) is 46.3 Å². The third-order valence-corrected chi connectivity index (χ3v) is 4.33. The van der Waals surface area contributed by atoms with Crippen LogP contribution in [-0.4, -0.2) is 21.4 Å². The number of hydrogen-bond donors (Lipinski definition) is 2. The highest BCUT2D eigenvalue weighted by molar-refractivity contribution is 5.28. The second-order valence-electron chi connectivity index (χ2n) is 5.85. The minimum atomic E-state index is 0.107. The van der Waals surface area contributed by atoms with E-state index >= 15 is 0 Å². The van der Waals surface area contributed by atoms with Crippen molar-refractivity contribution in [2.24, 2.45) is 7.05 Å². The molecule has 1 heterocycles. The van der Waals surface area contributed by atoms with Gasteiger partial charge in [-0.15, -0.1) is 0 Å². The quantitative estimate of drug-likeness (QED) is 0.827. The molecule has 0 radical (unpaired) electrons. The standard InChI is InChI=1S/C18H27N3O/c1-5-17(18-13(2)20-21(4)14(18)3)19-11-10-15-6-8-16(12-22)9-7-15/h6-9,17,19,22H,5,10-12H2,1-4H3. The summed E-state index contributed by atoms with van der Waals surface area (Å²) in [4.78, 5) is 0. The summed E-state index contributed by atoms with van der Waals surface area (Å²) >= 11 is 0. The molecule has 1 unspecified atom stereocenters. The van der Waals surface area contributed by atoms with E-state index in [1.54, 1.807) is 0 Å². The summed E-state index contributed by atoms with van der Waals surface area (Å²) < 4.78 is 1.96. The molecular formula is C18H27N3O. The first-order valence-corrected chi connectivity index (χ1v) is 7.99. The highest BCUT2D eigenvalue weighted by Crippen LogP contribution is 2.23. The third kappa shape index (κ3) is 3.76. The van der Waals surface area contributed by atoms with Crippen LogP contribution in [0.15, 0.2) is 24.3 Å². The maximum atomic E-state index is 9.07. The Morgan fingerprint density at radius 1 is 1.18 bits per heavy atom. The van der Waals surface area contributed by atoms with Crippen molar-refractivity contribution in [3.05, 3.63) is 52.3 Å². The minimum Gasteiger partial charge on any atom is -0.392 e. The lowest BCUT2D eigenvalue weighted by Gasteiger charge is -2.18. The molecule has 0 amide bonds. The van der Waals surface area contributed by atoms with Crippen LogP contribution < -0.4 is 5.32 Å². The highest BCUT2D eigenvalue weighted by atomic mass is 16.3. The van der Waals surface area contributed by atoms with E-state index in [1.165, 1.54) is 16.8 Å². The first-order valence-electron chi connectivity index (χ1n) is 7.99. The first-order chi connectivity index (χ1) is 10.6. The van der Waals surface area contributed by atoms with Gasteiger partial charge in [0.1, 0.15) is 0 Å². The number of nitrogens with zero attached hydrogens (tertiary/aromatic N) is 2. The second-order valence-corrected chi connectivity index (χ2v) is 5.85. The van der Waals surface area contributed by atoms with Gasteiger partial charge in [0.05, 0.1) is 12.3 Å². The van der Waals surface area contributed by atoms with E-state index in [9.17, 15) is 0 Å². The predicted octanol–water partition coefficient (Wildman–Crippen LogP) is 2.81. The number of aliphatic hydroxyl groups excluding tert-OH is 1. The molecule has 1 aromatic carbocycles. The van der Waals surface area contributed by atoms with Crippen molar-refractivity contribution in [2.75, 3.05) is 6.54 Å². The van der Waals surface area contributed by atoms with Gasteiger partial charge in [0.2, 0.25) is 0 Å². The summed E-state index contributed by atoms with van der Waals surface area (Å²) in [5.41, 5.74) is 5.94. The van der Waals surface area contributed by atoms with Crippen LogP contribution in [0.2, 0.25) is 0 Å². The molecule has 1 atom stereocenters. The zero-order chi connectivity index (χ0) is 16.1. The molecule has 0 spiro atoms. The lowest BCUT2D eigenvalue weighted by atomic mass is 10.0. The van der Waals surface area contributed by atoms with E-state index in [4.69, 9.17) is 5.11 Å². The van der Waals surface area contributed by atoms with Gasteiger partial charge in [0.15, 0.2) is 0 Å². The molecule has 2 aromatic rings. The third-order valence-electron chi connectivity index (χ3n) is 4.33. The maximum absolute atomic E-state index is 9.07. The van der Waals surface area contributed by atoms with Crippen molar-refractivity contribution in [1.29, 1.82) is 0 Å². The Labute approximate surface area is 133 Å². The van der Waals surface area contributed by atoms with Crippen LogP contribution in [0.25, 0.3) is 0 Å². The van der Waals surface area contributed by atoms with Gasteiger partial charge in [-0.2, -0.15) is 5.10 Å². The Morgan fingerprint density at radius 2 is 1.82 bits per heavy atom. The molecule has 0 bridgehead atoms. The molecular weight excluding hydrogens is 274 g/mol. The number of aromatic nitrogens is 2. The van der Waals surface area contributed by atoms with E-state index in [0.29, 0.717) is 6.04 Å². The van der Waals surface area contributed by atoms with Gasteiger partial charge in [-0.1, -0.05) is 31.2 Å². The second kappa shape index (κ2) is 7.56. The van der Waals surface area contributed by atoms with Crippen LogP contribution in [0.4, 0.5) is 0 Å². The first kappa shape index (κ1) is 16.7. The molecule has 0 aliphatic carbocycles. The smallest absolute Gasteiger partial charge is 0.0681 e. The molecule has 4 nitrogen and oxygen atoms in total. The number of aryl methyl sites for hydroxylation is 2. The topological polar surface area (TPSA) is 50.1 Å². The SMILES string of the molecule is CCC(NCCc1ccc(CO)cc1)c1c(C)nn(C)c1C. The lowest BCUT2D eigenvalue weighted by molar-refractivity contribution is 0.282. The van der Waals surface area contributed by atoms with Crippen molar-refractivity contribution in [3.8, 4) is 0 Å². The molecule has 22 heavy (non-hydrogen) atoms. The van der Waals surface area contributed by atoms with Gasteiger partial charge in [0, 0.05) is 24.3 Å². The van der Waals surface area contributed by atoms with E-state index in [1.807, 2.05) is 23.9 Å². The normalized spacial score (nSPS) is 12.6. The monoisotopic (exact) mass is 301 g/mol. The zero-order valence-electron chi connectivity index (χ0n) is 14.1. The van der Waals surface area contributed by atoms with Crippen molar-refractivity contribution in [3.63, 3.8) is 0 Å². The fourth-order valence-corrected chi connectivity index (χ4v) is 2.95. The number of benzene rings is 1. The summed E-state index contributed by atoms with van der Waals surface area (Å²) in [7, 11) is 2.00. The van der Waals surface area contributed by atoms with Crippen LogP contribution in [-0.2, 0) is 20.1 Å². The number of hydrogen-bond acceptors (Lipinski definition) is 3. The van der Waals surface area contributed by atoms with Gasteiger partial charge in [-0.3, -0.25) is 4.68 Å². The van der Waals surface area contributed by atoms with E-state index < -0.39 is 0 Å². The average Bonchev–Trinajstić information content (AvgIpc) is 2.78. The molecule has 2 N–H and O–H groups in total. The van der Waals surface area contributed by atoms with Crippen molar-refractivity contribution < 1.29 is 5.11 Å². The van der Waals surface area contributed by atoms with Gasteiger partial charge < -0.3 is 10.4 Å². The van der Waals surface area contributed by atoms with Crippen LogP contribution in [0.5, 0.6) is 0 Å². The Kier molecular flexibility index (Phi) is 5.75. The molecule has 120 valence electrons. The van der Waals surface area contributed by atoms with Gasteiger partial charge >= 0.3 is 0 Å². The molecule has 0 aliphatic heterocycles. The molecule has 0 saturated carbocycles. The summed E-state index contributed by atoms with van der Waals surface area (Å²) in [5.74, 6) is 0. The Balaban J connectivity index is 1.96. The Hall–Kier alpha value is -1.65.